The summed E-state index contributed by atoms with van der Waals surface area (Å²) < 4.78 is 1.21. The van der Waals surface area contributed by atoms with E-state index < -0.39 is 17.9 Å². The lowest BCUT2D eigenvalue weighted by atomic mass is 10.2. The number of carbonyl (C=O) groups excluding carboxylic acids is 1. The molecule has 2 heterocycles. The highest BCUT2D eigenvalue weighted by atomic mass is 32.1. The number of carbonyl (C=O) groups is 2. The molecule has 2 aromatic heterocycles. The van der Waals surface area contributed by atoms with Gasteiger partial charge in [0.1, 0.15) is 11.4 Å². The molecule has 0 radical (unpaired) electrons. The third-order valence-corrected chi connectivity index (χ3v) is 3.47. The zero-order chi connectivity index (χ0) is 14.7. The van der Waals surface area contributed by atoms with E-state index in [2.05, 4.69) is 10.3 Å². The average molecular weight is 295 g/mol. The number of amides is 1. The van der Waals surface area contributed by atoms with Crippen LogP contribution in [0.4, 0.5) is 0 Å². The van der Waals surface area contributed by atoms with Gasteiger partial charge in [0, 0.05) is 6.04 Å². The van der Waals surface area contributed by atoms with Gasteiger partial charge in [-0.25, -0.2) is 4.98 Å². The smallest absolute Gasteiger partial charge is 0.305 e. The van der Waals surface area contributed by atoms with Crippen LogP contribution in [0.15, 0.2) is 22.6 Å². The zero-order valence-electron chi connectivity index (χ0n) is 10.7. The van der Waals surface area contributed by atoms with Crippen molar-refractivity contribution < 1.29 is 14.7 Å². The van der Waals surface area contributed by atoms with Gasteiger partial charge in [-0.05, 0) is 18.4 Å². The Balaban J connectivity index is 2.08. The van der Waals surface area contributed by atoms with Gasteiger partial charge in [0.15, 0.2) is 0 Å². The van der Waals surface area contributed by atoms with Crippen molar-refractivity contribution in [1.29, 1.82) is 0 Å². The summed E-state index contributed by atoms with van der Waals surface area (Å²) in [5.74, 6) is -1.41. The quantitative estimate of drug-likeness (QED) is 0.833. The fourth-order valence-electron chi connectivity index (χ4n) is 1.79. The predicted molar refractivity (Wildman–Crippen MR) is 73.7 cm³/mol. The molecule has 0 bridgehead atoms. The number of thiophene rings is 1. The summed E-state index contributed by atoms with van der Waals surface area (Å²) in [6.07, 6.45) is 1.16. The molecular formula is C12H13N3O4S. The lowest BCUT2D eigenvalue weighted by Crippen LogP contribution is -2.38. The standard InChI is InChI=1S/C12H13N3O4S/c1-7(4-10(17)18)14-9(16)5-15-6-13-11-8(12(15)19)2-3-20-11/h2-3,6-7H,4-5H2,1H3,(H,14,16)(H,17,18). The van der Waals surface area contributed by atoms with Gasteiger partial charge in [-0.3, -0.25) is 19.0 Å². The van der Waals surface area contributed by atoms with Crippen LogP contribution in [0.3, 0.4) is 0 Å². The highest BCUT2D eigenvalue weighted by molar-refractivity contribution is 7.16. The second-order valence-electron chi connectivity index (χ2n) is 4.38. The van der Waals surface area contributed by atoms with E-state index in [1.807, 2.05) is 0 Å². The summed E-state index contributed by atoms with van der Waals surface area (Å²) in [6, 6.07) is 1.17. The second-order valence-corrected chi connectivity index (χ2v) is 5.28. The number of hydrogen-bond acceptors (Lipinski definition) is 5. The molecule has 7 nitrogen and oxygen atoms in total. The van der Waals surface area contributed by atoms with E-state index in [-0.39, 0.29) is 18.5 Å². The molecule has 0 spiro atoms. The van der Waals surface area contributed by atoms with Gasteiger partial charge >= 0.3 is 5.97 Å². The number of carboxylic acid groups (broad SMARTS) is 1. The first-order chi connectivity index (χ1) is 9.47. The Hall–Kier alpha value is -2.22. The van der Waals surface area contributed by atoms with Gasteiger partial charge in [0.25, 0.3) is 5.56 Å². The molecule has 0 aliphatic heterocycles. The largest absolute Gasteiger partial charge is 0.481 e. The Labute approximate surface area is 117 Å². The molecule has 2 N–H and O–H groups in total. The molecule has 0 aliphatic carbocycles. The van der Waals surface area contributed by atoms with Crippen molar-refractivity contribution >= 4 is 33.4 Å². The molecule has 1 atom stereocenters. The van der Waals surface area contributed by atoms with Crippen LogP contribution in [0.1, 0.15) is 13.3 Å². The number of hydrogen-bond donors (Lipinski definition) is 2. The van der Waals surface area contributed by atoms with Gasteiger partial charge in [0.2, 0.25) is 5.91 Å². The summed E-state index contributed by atoms with van der Waals surface area (Å²) in [5, 5.41) is 13.4. The Morgan fingerprint density at radius 2 is 2.30 bits per heavy atom. The van der Waals surface area contributed by atoms with E-state index in [0.29, 0.717) is 10.2 Å². The van der Waals surface area contributed by atoms with Gasteiger partial charge < -0.3 is 10.4 Å². The Bertz CT molecular complexity index is 706. The molecule has 20 heavy (non-hydrogen) atoms. The van der Waals surface area contributed by atoms with Crippen LogP contribution in [0.2, 0.25) is 0 Å². The lowest BCUT2D eigenvalue weighted by Gasteiger charge is -2.12. The monoisotopic (exact) mass is 295 g/mol. The van der Waals surface area contributed by atoms with E-state index in [1.165, 1.54) is 22.2 Å². The number of nitrogens with zero attached hydrogens (tertiary/aromatic N) is 2. The highest BCUT2D eigenvalue weighted by Crippen LogP contribution is 2.13. The molecule has 1 unspecified atom stereocenters. The number of rotatable bonds is 5. The molecular weight excluding hydrogens is 282 g/mol. The van der Waals surface area contributed by atoms with Crippen molar-refractivity contribution in [3.8, 4) is 0 Å². The molecule has 2 aromatic rings. The van der Waals surface area contributed by atoms with E-state index in [9.17, 15) is 14.4 Å². The van der Waals surface area contributed by atoms with E-state index >= 15 is 0 Å². The topological polar surface area (TPSA) is 101 Å². The molecule has 8 heteroatoms. The minimum Gasteiger partial charge on any atom is -0.481 e. The fourth-order valence-corrected chi connectivity index (χ4v) is 2.52. The Morgan fingerprint density at radius 3 is 3.00 bits per heavy atom. The van der Waals surface area contributed by atoms with Crippen LogP contribution >= 0.6 is 11.3 Å². The minimum atomic E-state index is -0.990. The van der Waals surface area contributed by atoms with E-state index in [1.54, 1.807) is 18.4 Å². The van der Waals surface area contributed by atoms with Crippen LogP contribution in [0.25, 0.3) is 10.2 Å². The summed E-state index contributed by atoms with van der Waals surface area (Å²) in [5.41, 5.74) is -0.280. The molecule has 0 saturated carbocycles. The van der Waals surface area contributed by atoms with Crippen molar-refractivity contribution in [2.45, 2.75) is 25.9 Å². The maximum atomic E-state index is 12.0. The van der Waals surface area contributed by atoms with Crippen molar-refractivity contribution in [2.75, 3.05) is 0 Å². The van der Waals surface area contributed by atoms with Gasteiger partial charge in [-0.2, -0.15) is 0 Å². The molecule has 0 fully saturated rings. The minimum absolute atomic E-state index is 0.164. The number of fused-ring (bicyclic) bond motifs is 1. The molecule has 1 amide bonds. The van der Waals surface area contributed by atoms with Crippen molar-refractivity contribution in [1.82, 2.24) is 14.9 Å². The summed E-state index contributed by atoms with van der Waals surface area (Å²) in [6.45, 7) is 1.41. The Kier molecular flexibility index (Phi) is 4.14. The molecule has 106 valence electrons. The predicted octanol–water partition coefficient (Wildman–Crippen LogP) is 0.437. The number of carboxylic acids is 1. The maximum absolute atomic E-state index is 12.0. The van der Waals surface area contributed by atoms with Crippen LogP contribution in [0, 0.1) is 0 Å². The van der Waals surface area contributed by atoms with Crippen LogP contribution in [-0.2, 0) is 16.1 Å². The maximum Gasteiger partial charge on any atom is 0.305 e. The van der Waals surface area contributed by atoms with Gasteiger partial charge in [-0.15, -0.1) is 11.3 Å². The number of aliphatic carboxylic acids is 1. The third kappa shape index (κ3) is 3.21. The SMILES string of the molecule is CC(CC(=O)O)NC(=O)Cn1cnc2sccc2c1=O. The molecule has 0 saturated heterocycles. The van der Waals surface area contributed by atoms with E-state index in [4.69, 9.17) is 5.11 Å². The fraction of sp³-hybridized carbons (Fsp3) is 0.333. The normalized spacial score (nSPS) is 12.2. The number of nitrogens with one attached hydrogen (secondary N) is 1. The Morgan fingerprint density at radius 1 is 1.55 bits per heavy atom. The first-order valence-electron chi connectivity index (χ1n) is 5.91. The first kappa shape index (κ1) is 14.2. The van der Waals surface area contributed by atoms with Crippen LogP contribution in [-0.4, -0.2) is 32.6 Å². The second kappa shape index (κ2) is 5.83. The van der Waals surface area contributed by atoms with Gasteiger partial charge in [0.05, 0.1) is 18.1 Å². The summed E-state index contributed by atoms with van der Waals surface area (Å²) >= 11 is 1.36. The third-order valence-electron chi connectivity index (χ3n) is 2.65. The van der Waals surface area contributed by atoms with Crippen LogP contribution < -0.4 is 10.9 Å². The van der Waals surface area contributed by atoms with Gasteiger partial charge in [-0.1, -0.05) is 0 Å². The van der Waals surface area contributed by atoms with Crippen LogP contribution in [0.5, 0.6) is 0 Å². The summed E-state index contributed by atoms with van der Waals surface area (Å²) in [7, 11) is 0. The molecule has 0 aliphatic rings. The van der Waals surface area contributed by atoms with Crippen molar-refractivity contribution in [3.63, 3.8) is 0 Å². The molecule has 2 rings (SSSR count). The molecule has 0 aromatic carbocycles. The van der Waals surface area contributed by atoms with Crippen molar-refractivity contribution in [3.05, 3.63) is 28.1 Å². The zero-order valence-corrected chi connectivity index (χ0v) is 11.5. The summed E-state index contributed by atoms with van der Waals surface area (Å²) in [4.78, 5) is 39.0. The van der Waals surface area contributed by atoms with Crippen molar-refractivity contribution in [2.24, 2.45) is 0 Å². The number of aromatic nitrogens is 2. The average Bonchev–Trinajstić information content (AvgIpc) is 2.80. The van der Waals surface area contributed by atoms with E-state index in [0.717, 1.165) is 0 Å². The highest BCUT2D eigenvalue weighted by Gasteiger charge is 2.13. The lowest BCUT2D eigenvalue weighted by molar-refractivity contribution is -0.137. The first-order valence-corrected chi connectivity index (χ1v) is 6.79.